The highest BCUT2D eigenvalue weighted by Gasteiger charge is 2.19. The van der Waals surface area contributed by atoms with Gasteiger partial charge in [-0.1, -0.05) is 25.7 Å². The molecule has 1 aliphatic rings. The fourth-order valence-electron chi connectivity index (χ4n) is 2.97. The Labute approximate surface area is 105 Å². The molecule has 0 aromatic carbocycles. The Kier molecular flexibility index (Phi) is 4.60. The molecular formula is C14H25N3. The minimum Gasteiger partial charge on any atom is -0.338 e. The van der Waals surface area contributed by atoms with E-state index >= 15 is 0 Å². The van der Waals surface area contributed by atoms with Crippen molar-refractivity contribution in [2.24, 2.45) is 13.0 Å². The van der Waals surface area contributed by atoms with Gasteiger partial charge in [-0.05, 0) is 25.8 Å². The van der Waals surface area contributed by atoms with E-state index in [-0.39, 0.29) is 0 Å². The lowest BCUT2D eigenvalue weighted by Gasteiger charge is -2.19. The van der Waals surface area contributed by atoms with Gasteiger partial charge in [-0.3, -0.25) is 0 Å². The van der Waals surface area contributed by atoms with Gasteiger partial charge in [0.2, 0.25) is 0 Å². The predicted octanol–water partition coefficient (Wildman–Crippen LogP) is 2.52. The molecule has 96 valence electrons. The third-order valence-corrected chi connectivity index (χ3v) is 4.14. The molecule has 0 radical (unpaired) electrons. The van der Waals surface area contributed by atoms with Crippen LogP contribution in [0.25, 0.3) is 0 Å². The molecule has 0 bridgehead atoms. The fourth-order valence-corrected chi connectivity index (χ4v) is 2.97. The van der Waals surface area contributed by atoms with E-state index in [1.165, 1.54) is 44.3 Å². The Morgan fingerprint density at radius 3 is 2.82 bits per heavy atom. The maximum absolute atomic E-state index is 4.39. The number of hydrogen-bond acceptors (Lipinski definition) is 2. The van der Waals surface area contributed by atoms with Crippen LogP contribution in [0.2, 0.25) is 0 Å². The van der Waals surface area contributed by atoms with Crippen molar-refractivity contribution in [3.8, 4) is 0 Å². The first-order valence-electron chi connectivity index (χ1n) is 6.93. The minimum atomic E-state index is 0.662. The number of aromatic nitrogens is 2. The zero-order valence-corrected chi connectivity index (χ0v) is 11.2. The molecule has 1 fully saturated rings. The third-order valence-electron chi connectivity index (χ3n) is 4.14. The largest absolute Gasteiger partial charge is 0.338 e. The Bertz CT molecular complexity index is 326. The second kappa shape index (κ2) is 6.20. The number of rotatable bonds is 6. The topological polar surface area (TPSA) is 29.9 Å². The van der Waals surface area contributed by atoms with Crippen LogP contribution in [0.1, 0.15) is 44.3 Å². The molecule has 17 heavy (non-hydrogen) atoms. The van der Waals surface area contributed by atoms with Gasteiger partial charge in [-0.15, -0.1) is 0 Å². The monoisotopic (exact) mass is 235 g/mol. The van der Waals surface area contributed by atoms with Crippen LogP contribution in [-0.2, 0) is 13.5 Å². The molecule has 1 atom stereocenters. The fraction of sp³-hybridized carbons (Fsp3) is 0.786. The summed E-state index contributed by atoms with van der Waals surface area (Å²) in [6, 6.07) is 0.662. The number of hydrogen-bond donors (Lipinski definition) is 1. The van der Waals surface area contributed by atoms with Crippen LogP contribution in [0.15, 0.2) is 12.4 Å². The summed E-state index contributed by atoms with van der Waals surface area (Å²) in [7, 11) is 4.17. The summed E-state index contributed by atoms with van der Waals surface area (Å²) >= 11 is 0. The first-order valence-corrected chi connectivity index (χ1v) is 6.93. The smallest absolute Gasteiger partial charge is 0.108 e. The van der Waals surface area contributed by atoms with E-state index in [1.807, 2.05) is 12.4 Å². The maximum Gasteiger partial charge on any atom is 0.108 e. The zero-order chi connectivity index (χ0) is 12.1. The van der Waals surface area contributed by atoms with Gasteiger partial charge in [0.05, 0.1) is 0 Å². The second-order valence-electron chi connectivity index (χ2n) is 5.36. The van der Waals surface area contributed by atoms with Crippen LogP contribution in [0.4, 0.5) is 0 Å². The lowest BCUT2D eigenvalue weighted by molar-refractivity contribution is 0.385. The predicted molar refractivity (Wildman–Crippen MR) is 71.0 cm³/mol. The van der Waals surface area contributed by atoms with Gasteiger partial charge in [0.15, 0.2) is 0 Å². The van der Waals surface area contributed by atoms with Crippen LogP contribution in [0, 0.1) is 5.92 Å². The van der Waals surface area contributed by atoms with Crippen molar-refractivity contribution in [1.29, 1.82) is 0 Å². The average molecular weight is 235 g/mol. The molecular weight excluding hydrogens is 210 g/mol. The number of aryl methyl sites for hydroxylation is 2. The quantitative estimate of drug-likeness (QED) is 0.821. The Morgan fingerprint density at radius 2 is 2.24 bits per heavy atom. The molecule has 1 N–H and O–H groups in total. The van der Waals surface area contributed by atoms with E-state index in [2.05, 4.69) is 29.0 Å². The van der Waals surface area contributed by atoms with E-state index in [0.29, 0.717) is 6.04 Å². The van der Waals surface area contributed by atoms with Crippen LogP contribution in [0.5, 0.6) is 0 Å². The van der Waals surface area contributed by atoms with E-state index in [0.717, 1.165) is 12.3 Å². The lowest BCUT2D eigenvalue weighted by Crippen LogP contribution is -2.28. The van der Waals surface area contributed by atoms with Crippen molar-refractivity contribution in [3.63, 3.8) is 0 Å². The zero-order valence-electron chi connectivity index (χ0n) is 11.2. The SMILES string of the molecule is CNC(CCc1nccn1C)CC1CCCC1. The van der Waals surface area contributed by atoms with Crippen LogP contribution < -0.4 is 5.32 Å². The van der Waals surface area contributed by atoms with Crippen molar-refractivity contribution < 1.29 is 0 Å². The Hall–Kier alpha value is -0.830. The van der Waals surface area contributed by atoms with Crippen molar-refractivity contribution in [2.75, 3.05) is 7.05 Å². The Balaban J connectivity index is 1.77. The number of imidazole rings is 1. The summed E-state index contributed by atoms with van der Waals surface area (Å²) in [4.78, 5) is 4.39. The summed E-state index contributed by atoms with van der Waals surface area (Å²) in [6.07, 6.45) is 13.3. The summed E-state index contributed by atoms with van der Waals surface area (Å²) in [5.41, 5.74) is 0. The van der Waals surface area contributed by atoms with Crippen molar-refractivity contribution in [2.45, 2.75) is 51.0 Å². The van der Waals surface area contributed by atoms with E-state index in [9.17, 15) is 0 Å². The van der Waals surface area contributed by atoms with E-state index < -0.39 is 0 Å². The molecule has 2 rings (SSSR count). The highest BCUT2D eigenvalue weighted by Crippen LogP contribution is 2.29. The maximum atomic E-state index is 4.39. The normalized spacial score (nSPS) is 18.7. The summed E-state index contributed by atoms with van der Waals surface area (Å²) in [5, 5.41) is 3.47. The van der Waals surface area contributed by atoms with Gasteiger partial charge in [-0.2, -0.15) is 0 Å². The molecule has 3 nitrogen and oxygen atoms in total. The first kappa shape index (κ1) is 12.6. The molecule has 1 aliphatic carbocycles. The number of nitrogens with one attached hydrogen (secondary N) is 1. The average Bonchev–Trinajstić information content (AvgIpc) is 2.96. The standard InChI is InChI=1S/C14H25N3/c1-15-13(11-12-5-3-4-6-12)7-8-14-16-9-10-17(14)2/h9-10,12-13,15H,3-8,11H2,1-2H3. The van der Waals surface area contributed by atoms with Gasteiger partial charge in [0.1, 0.15) is 5.82 Å². The summed E-state index contributed by atoms with van der Waals surface area (Å²) in [6.45, 7) is 0. The summed E-state index contributed by atoms with van der Waals surface area (Å²) in [5.74, 6) is 2.17. The molecule has 0 spiro atoms. The van der Waals surface area contributed by atoms with Crippen molar-refractivity contribution in [3.05, 3.63) is 18.2 Å². The molecule has 0 amide bonds. The van der Waals surface area contributed by atoms with E-state index in [1.54, 1.807) is 0 Å². The lowest BCUT2D eigenvalue weighted by atomic mass is 9.95. The van der Waals surface area contributed by atoms with E-state index in [4.69, 9.17) is 0 Å². The minimum absolute atomic E-state index is 0.662. The highest BCUT2D eigenvalue weighted by atomic mass is 15.0. The van der Waals surface area contributed by atoms with Crippen LogP contribution in [-0.4, -0.2) is 22.6 Å². The van der Waals surface area contributed by atoms with Gasteiger partial charge < -0.3 is 9.88 Å². The molecule has 1 heterocycles. The van der Waals surface area contributed by atoms with Crippen molar-refractivity contribution in [1.82, 2.24) is 14.9 Å². The molecule has 1 aromatic rings. The molecule has 0 aliphatic heterocycles. The van der Waals surface area contributed by atoms with Crippen LogP contribution >= 0.6 is 0 Å². The first-order chi connectivity index (χ1) is 8.29. The third kappa shape index (κ3) is 3.56. The molecule has 3 heteroatoms. The van der Waals surface area contributed by atoms with Crippen molar-refractivity contribution >= 4 is 0 Å². The Morgan fingerprint density at radius 1 is 1.47 bits per heavy atom. The highest BCUT2D eigenvalue weighted by molar-refractivity contribution is 4.92. The van der Waals surface area contributed by atoms with Gasteiger partial charge in [0, 0.05) is 31.9 Å². The molecule has 1 aromatic heterocycles. The second-order valence-corrected chi connectivity index (χ2v) is 5.36. The van der Waals surface area contributed by atoms with Crippen LogP contribution in [0.3, 0.4) is 0 Å². The van der Waals surface area contributed by atoms with Gasteiger partial charge in [0.25, 0.3) is 0 Å². The molecule has 1 unspecified atom stereocenters. The molecule has 0 saturated heterocycles. The summed E-state index contributed by atoms with van der Waals surface area (Å²) < 4.78 is 2.13. The number of nitrogens with zero attached hydrogens (tertiary/aromatic N) is 2. The molecule has 1 saturated carbocycles. The van der Waals surface area contributed by atoms with Gasteiger partial charge in [-0.25, -0.2) is 4.98 Å². The van der Waals surface area contributed by atoms with Gasteiger partial charge >= 0.3 is 0 Å².